The lowest BCUT2D eigenvalue weighted by Gasteiger charge is -2.06. The second-order valence-electron chi connectivity index (χ2n) is 5.53. The molecule has 0 saturated carbocycles. The maximum Gasteiger partial charge on any atom is 0.263 e. The molecule has 134 valence electrons. The molecular formula is C20H20BrN3O2. The fourth-order valence-corrected chi connectivity index (χ4v) is 2.48. The first-order valence-corrected chi connectivity index (χ1v) is 8.91. The molecule has 2 aromatic rings. The van der Waals surface area contributed by atoms with E-state index in [2.05, 4.69) is 26.6 Å². The molecule has 0 bridgehead atoms. The van der Waals surface area contributed by atoms with Crippen molar-refractivity contribution in [2.75, 3.05) is 13.7 Å². The molecule has 0 radical (unpaired) electrons. The van der Waals surface area contributed by atoms with Gasteiger partial charge in [0.05, 0.1) is 7.11 Å². The summed E-state index contributed by atoms with van der Waals surface area (Å²) in [6.45, 7) is 0.985. The van der Waals surface area contributed by atoms with Crippen molar-refractivity contribution in [1.29, 1.82) is 5.26 Å². The van der Waals surface area contributed by atoms with Crippen molar-refractivity contribution < 1.29 is 9.53 Å². The Labute approximate surface area is 161 Å². The van der Waals surface area contributed by atoms with E-state index < -0.39 is 5.91 Å². The molecule has 26 heavy (non-hydrogen) atoms. The Bertz CT molecular complexity index is 793. The van der Waals surface area contributed by atoms with Gasteiger partial charge in [-0.1, -0.05) is 40.2 Å². The molecule has 2 rings (SSSR count). The van der Waals surface area contributed by atoms with Crippen LogP contribution in [0.3, 0.4) is 0 Å². The Kier molecular flexibility index (Phi) is 7.72. The Morgan fingerprint density at radius 3 is 2.42 bits per heavy atom. The monoisotopic (exact) mass is 413 g/mol. The number of hydrogen-bond donors (Lipinski definition) is 2. The van der Waals surface area contributed by atoms with Crippen molar-refractivity contribution >= 4 is 21.8 Å². The van der Waals surface area contributed by atoms with Gasteiger partial charge in [0.15, 0.2) is 0 Å². The number of ether oxygens (including phenoxy) is 1. The molecule has 2 aromatic carbocycles. The van der Waals surface area contributed by atoms with Gasteiger partial charge < -0.3 is 15.4 Å². The van der Waals surface area contributed by atoms with E-state index >= 15 is 0 Å². The van der Waals surface area contributed by atoms with Crippen LogP contribution in [-0.2, 0) is 17.8 Å². The Balaban J connectivity index is 1.80. The molecule has 0 saturated heterocycles. The first-order valence-electron chi connectivity index (χ1n) is 8.11. The van der Waals surface area contributed by atoms with Gasteiger partial charge >= 0.3 is 0 Å². The minimum atomic E-state index is -0.403. The van der Waals surface area contributed by atoms with Crippen LogP contribution in [0.25, 0.3) is 0 Å². The summed E-state index contributed by atoms with van der Waals surface area (Å²) in [7, 11) is 1.60. The van der Waals surface area contributed by atoms with Crippen molar-refractivity contribution in [3.63, 3.8) is 0 Å². The molecule has 0 aromatic heterocycles. The summed E-state index contributed by atoms with van der Waals surface area (Å²) in [4.78, 5) is 12.1. The molecule has 0 aliphatic heterocycles. The van der Waals surface area contributed by atoms with Gasteiger partial charge in [0.2, 0.25) is 0 Å². The van der Waals surface area contributed by atoms with E-state index in [1.165, 1.54) is 11.8 Å². The molecule has 6 heteroatoms. The summed E-state index contributed by atoms with van der Waals surface area (Å²) in [6.07, 6.45) is 2.26. The highest BCUT2D eigenvalue weighted by molar-refractivity contribution is 9.10. The van der Waals surface area contributed by atoms with Gasteiger partial charge in [-0.25, -0.2) is 0 Å². The van der Waals surface area contributed by atoms with Crippen molar-refractivity contribution in [2.45, 2.75) is 13.0 Å². The molecule has 0 spiro atoms. The van der Waals surface area contributed by atoms with E-state index in [0.717, 1.165) is 22.2 Å². The number of hydrogen-bond acceptors (Lipinski definition) is 4. The number of nitrogens with zero attached hydrogens (tertiary/aromatic N) is 1. The third-order valence-corrected chi connectivity index (χ3v) is 4.22. The van der Waals surface area contributed by atoms with Crippen LogP contribution in [0.4, 0.5) is 0 Å². The van der Waals surface area contributed by atoms with Crippen LogP contribution in [0.2, 0.25) is 0 Å². The predicted molar refractivity (Wildman–Crippen MR) is 104 cm³/mol. The fourth-order valence-electron chi connectivity index (χ4n) is 2.21. The summed E-state index contributed by atoms with van der Waals surface area (Å²) in [6, 6.07) is 17.3. The predicted octanol–water partition coefficient (Wildman–Crippen LogP) is 3.31. The first-order chi connectivity index (χ1) is 12.6. The molecular weight excluding hydrogens is 394 g/mol. The number of methoxy groups -OCH3 is 1. The van der Waals surface area contributed by atoms with Crippen molar-refractivity contribution in [3.8, 4) is 11.8 Å². The summed E-state index contributed by atoms with van der Waals surface area (Å²) in [5, 5.41) is 14.9. The second-order valence-corrected chi connectivity index (χ2v) is 6.45. The summed E-state index contributed by atoms with van der Waals surface area (Å²) in [5.74, 6) is 0.354. The lowest BCUT2D eigenvalue weighted by atomic mass is 10.1. The molecule has 0 heterocycles. The highest BCUT2D eigenvalue weighted by atomic mass is 79.9. The number of amides is 1. The summed E-state index contributed by atoms with van der Waals surface area (Å²) < 4.78 is 6.13. The lowest BCUT2D eigenvalue weighted by Crippen LogP contribution is -2.25. The normalized spacial score (nSPS) is 10.7. The van der Waals surface area contributed by atoms with Gasteiger partial charge in [-0.05, 0) is 41.8 Å². The van der Waals surface area contributed by atoms with E-state index in [1.54, 1.807) is 7.11 Å². The standard InChI is InChI=1S/C20H20BrN3O2/c1-26-19-8-4-16(5-9-19)13-24-20(25)17(12-22)14-23-11-10-15-2-6-18(21)7-3-15/h2-9,14,23H,10-11,13H2,1H3,(H,24,25)/b17-14-. The molecule has 0 fully saturated rings. The molecule has 5 nitrogen and oxygen atoms in total. The Morgan fingerprint density at radius 2 is 1.81 bits per heavy atom. The zero-order chi connectivity index (χ0) is 18.8. The number of carbonyl (C=O) groups is 1. The van der Waals surface area contributed by atoms with Crippen LogP contribution in [0, 0.1) is 11.3 Å². The van der Waals surface area contributed by atoms with Crippen LogP contribution in [-0.4, -0.2) is 19.6 Å². The van der Waals surface area contributed by atoms with E-state index in [4.69, 9.17) is 10.00 Å². The van der Waals surface area contributed by atoms with E-state index in [0.29, 0.717) is 13.1 Å². The van der Waals surface area contributed by atoms with Crippen LogP contribution in [0.5, 0.6) is 5.75 Å². The van der Waals surface area contributed by atoms with Crippen molar-refractivity contribution in [2.24, 2.45) is 0 Å². The highest BCUT2D eigenvalue weighted by Gasteiger charge is 2.08. The molecule has 2 N–H and O–H groups in total. The fraction of sp³-hybridized carbons (Fsp3) is 0.200. The number of carbonyl (C=O) groups excluding carboxylic acids is 1. The smallest absolute Gasteiger partial charge is 0.263 e. The third kappa shape index (κ3) is 6.26. The van der Waals surface area contributed by atoms with E-state index in [1.807, 2.05) is 54.6 Å². The van der Waals surface area contributed by atoms with Crippen molar-refractivity contribution in [1.82, 2.24) is 10.6 Å². The van der Waals surface area contributed by atoms with E-state index in [9.17, 15) is 4.79 Å². The largest absolute Gasteiger partial charge is 0.497 e. The number of halogens is 1. The molecule has 0 aliphatic rings. The Hall–Kier alpha value is -2.78. The minimum absolute atomic E-state index is 0.0503. The number of nitriles is 1. The van der Waals surface area contributed by atoms with Gasteiger partial charge in [-0.3, -0.25) is 4.79 Å². The van der Waals surface area contributed by atoms with Gasteiger partial charge in [0.1, 0.15) is 17.4 Å². The average Bonchev–Trinajstić information content (AvgIpc) is 2.68. The average molecular weight is 414 g/mol. The quantitative estimate of drug-likeness (QED) is 0.395. The number of benzene rings is 2. The van der Waals surface area contributed by atoms with Crippen LogP contribution >= 0.6 is 15.9 Å². The van der Waals surface area contributed by atoms with Crippen molar-refractivity contribution in [3.05, 3.63) is 75.9 Å². The van der Waals surface area contributed by atoms with Gasteiger partial charge in [0, 0.05) is 23.8 Å². The second kappa shape index (κ2) is 10.3. The molecule has 0 atom stereocenters. The molecule has 0 unspecified atom stereocenters. The van der Waals surface area contributed by atoms with Gasteiger partial charge in [-0.15, -0.1) is 0 Å². The zero-order valence-corrected chi connectivity index (χ0v) is 16.0. The van der Waals surface area contributed by atoms with Crippen LogP contribution in [0.1, 0.15) is 11.1 Å². The number of nitrogens with one attached hydrogen (secondary N) is 2. The van der Waals surface area contributed by atoms with E-state index in [-0.39, 0.29) is 5.57 Å². The summed E-state index contributed by atoms with van der Waals surface area (Å²) >= 11 is 3.40. The molecule has 1 amide bonds. The maximum atomic E-state index is 12.1. The highest BCUT2D eigenvalue weighted by Crippen LogP contribution is 2.11. The summed E-state index contributed by atoms with van der Waals surface area (Å²) in [5.41, 5.74) is 2.16. The third-order valence-electron chi connectivity index (χ3n) is 3.69. The lowest BCUT2D eigenvalue weighted by molar-refractivity contribution is -0.117. The number of rotatable bonds is 8. The van der Waals surface area contributed by atoms with Gasteiger partial charge in [0.25, 0.3) is 5.91 Å². The maximum absolute atomic E-state index is 12.1. The zero-order valence-electron chi connectivity index (χ0n) is 14.5. The Morgan fingerprint density at radius 1 is 1.15 bits per heavy atom. The minimum Gasteiger partial charge on any atom is -0.497 e. The SMILES string of the molecule is COc1ccc(CNC(=O)/C(C#N)=C\NCCc2ccc(Br)cc2)cc1. The van der Waals surface area contributed by atoms with Crippen LogP contribution < -0.4 is 15.4 Å². The molecule has 0 aliphatic carbocycles. The topological polar surface area (TPSA) is 74.1 Å². The van der Waals surface area contributed by atoms with Gasteiger partial charge in [-0.2, -0.15) is 5.26 Å². The first kappa shape index (κ1) is 19.5. The van der Waals surface area contributed by atoms with Crippen LogP contribution in [0.15, 0.2) is 64.8 Å².